The molecule has 1 rings (SSSR count). The van der Waals surface area contributed by atoms with Crippen molar-refractivity contribution in [3.05, 3.63) is 28.8 Å². The predicted molar refractivity (Wildman–Crippen MR) is 47.7 cm³/mol. The number of alkyl halides is 6. The fourth-order valence-corrected chi connectivity index (χ4v) is 1.40. The van der Waals surface area contributed by atoms with Gasteiger partial charge in [-0.25, -0.2) is 0 Å². The monoisotopic (exact) mass is 269 g/mol. The van der Waals surface area contributed by atoms with Gasteiger partial charge in [0, 0.05) is 0 Å². The van der Waals surface area contributed by atoms with Gasteiger partial charge in [0.15, 0.2) is 0 Å². The molecule has 0 unspecified atom stereocenters. The van der Waals surface area contributed by atoms with Gasteiger partial charge in [-0.05, 0) is 12.1 Å². The summed E-state index contributed by atoms with van der Waals surface area (Å²) < 4.78 is 79.8. The smallest absolute Gasteiger partial charge is 0.418 e. The number of ether oxygens (including phenoxy) is 1. The van der Waals surface area contributed by atoms with Gasteiger partial charge in [-0.2, -0.15) is 31.6 Å². The molecule has 98 valence electrons. The maximum Gasteiger partial charge on any atom is 0.418 e. The maximum atomic E-state index is 12.6. The van der Waals surface area contributed by atoms with Crippen molar-refractivity contribution >= 4 is 0 Å². The van der Waals surface area contributed by atoms with Crippen molar-refractivity contribution in [1.82, 2.24) is 0 Å². The van der Waals surface area contributed by atoms with E-state index in [0.717, 1.165) is 13.2 Å². The Labute approximate surface area is 97.4 Å². The van der Waals surface area contributed by atoms with Crippen molar-refractivity contribution < 1.29 is 31.1 Å². The Morgan fingerprint density at radius 2 is 1.61 bits per heavy atom. The van der Waals surface area contributed by atoms with Gasteiger partial charge in [0.25, 0.3) is 0 Å². The van der Waals surface area contributed by atoms with Gasteiger partial charge in [0.05, 0.1) is 18.2 Å². The summed E-state index contributed by atoms with van der Waals surface area (Å²) in [6.07, 6.45) is -10.5. The van der Waals surface area contributed by atoms with Crippen LogP contribution in [0.5, 0.6) is 5.75 Å². The number of hydrogen-bond acceptors (Lipinski definition) is 2. The van der Waals surface area contributed by atoms with Gasteiger partial charge in [0.1, 0.15) is 17.4 Å². The lowest BCUT2D eigenvalue weighted by atomic mass is 9.99. The Balaban J connectivity index is 3.73. The number of hydrogen-bond donors (Lipinski definition) is 0. The normalized spacial score (nSPS) is 12.1. The molecule has 1 aromatic carbocycles. The largest absolute Gasteiger partial charge is 0.495 e. The second-order valence-electron chi connectivity index (χ2n) is 3.17. The molecule has 0 N–H and O–H groups in total. The molecule has 0 atom stereocenters. The number of halogens is 6. The minimum absolute atomic E-state index is 0.239. The van der Waals surface area contributed by atoms with Crippen LogP contribution in [-0.2, 0) is 12.4 Å². The second kappa shape index (κ2) is 4.40. The van der Waals surface area contributed by atoms with Crippen LogP contribution in [0, 0.1) is 11.3 Å². The van der Waals surface area contributed by atoms with E-state index in [-0.39, 0.29) is 6.07 Å². The van der Waals surface area contributed by atoms with E-state index < -0.39 is 34.8 Å². The van der Waals surface area contributed by atoms with E-state index in [4.69, 9.17) is 5.26 Å². The third-order valence-electron chi connectivity index (χ3n) is 2.09. The van der Waals surface area contributed by atoms with Crippen molar-refractivity contribution in [2.24, 2.45) is 0 Å². The molecule has 0 radical (unpaired) electrons. The molecule has 18 heavy (non-hydrogen) atoms. The van der Waals surface area contributed by atoms with Gasteiger partial charge in [-0.15, -0.1) is 0 Å². The van der Waals surface area contributed by atoms with Crippen molar-refractivity contribution in [3.8, 4) is 11.8 Å². The third kappa shape index (κ3) is 2.50. The van der Waals surface area contributed by atoms with E-state index in [1.54, 1.807) is 0 Å². The molecular weight excluding hydrogens is 264 g/mol. The highest BCUT2D eigenvalue weighted by molar-refractivity contribution is 5.54. The molecule has 1 aromatic rings. The van der Waals surface area contributed by atoms with Crippen molar-refractivity contribution in [2.75, 3.05) is 7.11 Å². The summed E-state index contributed by atoms with van der Waals surface area (Å²) in [5.74, 6) is -0.558. The number of rotatable bonds is 1. The summed E-state index contributed by atoms with van der Waals surface area (Å²) in [6, 6.07) is 2.00. The molecule has 0 saturated heterocycles. The van der Waals surface area contributed by atoms with Gasteiger partial charge in [0.2, 0.25) is 0 Å². The highest BCUT2D eigenvalue weighted by Crippen LogP contribution is 2.44. The van der Waals surface area contributed by atoms with E-state index in [9.17, 15) is 26.3 Å². The van der Waals surface area contributed by atoms with Crippen molar-refractivity contribution in [2.45, 2.75) is 12.4 Å². The lowest BCUT2D eigenvalue weighted by Gasteiger charge is -2.18. The number of benzene rings is 1. The van der Waals surface area contributed by atoms with Crippen LogP contribution in [0.3, 0.4) is 0 Å². The van der Waals surface area contributed by atoms with Crippen LogP contribution in [0.25, 0.3) is 0 Å². The average molecular weight is 269 g/mol. The molecular formula is C10H5F6NO. The summed E-state index contributed by atoms with van der Waals surface area (Å²) in [5, 5.41) is 8.59. The molecule has 0 aromatic heterocycles. The molecule has 0 aliphatic rings. The first-order chi connectivity index (χ1) is 8.12. The molecule has 0 fully saturated rings. The molecule has 8 heteroatoms. The standard InChI is InChI=1S/C10H5F6NO/c1-18-7-3-2-6(9(11,12)13)8(5(7)4-17)10(14,15)16/h2-3H,1H3. The predicted octanol–water partition coefficient (Wildman–Crippen LogP) is 3.60. The molecule has 0 heterocycles. The molecule has 0 saturated carbocycles. The van der Waals surface area contributed by atoms with E-state index in [1.807, 2.05) is 0 Å². The first kappa shape index (κ1) is 14.2. The van der Waals surface area contributed by atoms with Gasteiger partial charge >= 0.3 is 12.4 Å². The van der Waals surface area contributed by atoms with Crippen LogP contribution in [0.2, 0.25) is 0 Å². The van der Waals surface area contributed by atoms with Gasteiger partial charge < -0.3 is 4.74 Å². The number of methoxy groups -OCH3 is 1. The Bertz CT molecular complexity index is 497. The second-order valence-corrected chi connectivity index (χ2v) is 3.17. The number of nitriles is 1. The highest BCUT2D eigenvalue weighted by atomic mass is 19.4. The quantitative estimate of drug-likeness (QED) is 0.730. The molecule has 2 nitrogen and oxygen atoms in total. The van der Waals surface area contributed by atoms with Crippen molar-refractivity contribution in [3.63, 3.8) is 0 Å². The molecule has 0 aliphatic heterocycles. The number of nitrogens with zero attached hydrogens (tertiary/aromatic N) is 1. The summed E-state index contributed by atoms with van der Waals surface area (Å²) in [6.45, 7) is 0. The summed E-state index contributed by atoms with van der Waals surface area (Å²) in [5.41, 5.74) is -5.12. The fraction of sp³-hybridized carbons (Fsp3) is 0.300. The Hall–Kier alpha value is -1.91. The summed E-state index contributed by atoms with van der Waals surface area (Å²) >= 11 is 0. The van der Waals surface area contributed by atoms with Crippen LogP contribution in [0.4, 0.5) is 26.3 Å². The minimum atomic E-state index is -5.30. The molecule has 0 bridgehead atoms. The van der Waals surface area contributed by atoms with E-state index in [2.05, 4.69) is 4.74 Å². The fourth-order valence-electron chi connectivity index (χ4n) is 1.40. The SMILES string of the molecule is COc1ccc(C(F)(F)F)c(C(F)(F)F)c1C#N. The first-order valence-corrected chi connectivity index (χ1v) is 4.38. The molecule has 0 aliphatic carbocycles. The third-order valence-corrected chi connectivity index (χ3v) is 2.09. The van der Waals surface area contributed by atoms with Crippen LogP contribution in [-0.4, -0.2) is 7.11 Å². The van der Waals surface area contributed by atoms with Crippen LogP contribution in [0.1, 0.15) is 16.7 Å². The maximum absolute atomic E-state index is 12.6. The van der Waals surface area contributed by atoms with E-state index in [0.29, 0.717) is 6.07 Å². The van der Waals surface area contributed by atoms with Crippen LogP contribution >= 0.6 is 0 Å². The molecule has 0 amide bonds. The van der Waals surface area contributed by atoms with Crippen LogP contribution in [0.15, 0.2) is 12.1 Å². The van der Waals surface area contributed by atoms with Crippen LogP contribution < -0.4 is 4.74 Å². The topological polar surface area (TPSA) is 33.0 Å². The minimum Gasteiger partial charge on any atom is -0.495 e. The van der Waals surface area contributed by atoms with E-state index in [1.165, 1.54) is 0 Å². The van der Waals surface area contributed by atoms with Crippen molar-refractivity contribution in [1.29, 1.82) is 5.26 Å². The Morgan fingerprint density at radius 1 is 1.06 bits per heavy atom. The Morgan fingerprint density at radius 3 is 1.94 bits per heavy atom. The summed E-state index contributed by atoms with van der Waals surface area (Å²) in [4.78, 5) is 0. The average Bonchev–Trinajstić information content (AvgIpc) is 2.24. The van der Waals surface area contributed by atoms with E-state index >= 15 is 0 Å². The van der Waals surface area contributed by atoms with Gasteiger partial charge in [-0.1, -0.05) is 0 Å². The first-order valence-electron chi connectivity index (χ1n) is 4.38. The lowest BCUT2D eigenvalue weighted by molar-refractivity contribution is -0.162. The molecule has 0 spiro atoms. The lowest BCUT2D eigenvalue weighted by Crippen LogP contribution is -2.18. The summed E-state index contributed by atoms with van der Waals surface area (Å²) in [7, 11) is 0.962. The zero-order valence-electron chi connectivity index (χ0n) is 8.78. The zero-order chi connectivity index (χ0) is 14.1. The highest BCUT2D eigenvalue weighted by Gasteiger charge is 2.45. The zero-order valence-corrected chi connectivity index (χ0v) is 8.78. The Kier molecular flexibility index (Phi) is 3.46. The van der Waals surface area contributed by atoms with Gasteiger partial charge in [-0.3, -0.25) is 0 Å².